The van der Waals surface area contributed by atoms with E-state index in [0.29, 0.717) is 17.2 Å². The van der Waals surface area contributed by atoms with E-state index >= 15 is 0 Å². The van der Waals surface area contributed by atoms with E-state index in [0.717, 1.165) is 29.1 Å². The molecule has 2 heterocycles. The van der Waals surface area contributed by atoms with Crippen molar-refractivity contribution in [3.8, 4) is 22.4 Å². The van der Waals surface area contributed by atoms with Crippen LogP contribution in [0.2, 0.25) is 0 Å². The molecule has 4 rings (SSSR count). The Balaban J connectivity index is 1.61. The molecule has 0 atom stereocenters. The maximum absolute atomic E-state index is 12.8. The van der Waals surface area contributed by atoms with Gasteiger partial charge < -0.3 is 10.1 Å². The van der Waals surface area contributed by atoms with Crippen LogP contribution in [-0.4, -0.2) is 26.8 Å². The summed E-state index contributed by atoms with van der Waals surface area (Å²) in [6, 6.07) is 15.0. The Kier molecular flexibility index (Phi) is 6.19. The van der Waals surface area contributed by atoms with E-state index in [1.807, 2.05) is 31.4 Å². The van der Waals surface area contributed by atoms with Crippen molar-refractivity contribution in [2.75, 3.05) is 5.32 Å². The number of carbonyl (C=O) groups is 1. The van der Waals surface area contributed by atoms with E-state index in [2.05, 4.69) is 15.4 Å². The summed E-state index contributed by atoms with van der Waals surface area (Å²) in [5.74, 6) is 0.0636. The molecular weight excluding hydrogens is 453 g/mol. The molecule has 10 heteroatoms. The number of alkyl halides is 3. The molecule has 1 N–H and O–H groups in total. The number of benzene rings is 2. The minimum atomic E-state index is -4.46. The van der Waals surface area contributed by atoms with Gasteiger partial charge in [0, 0.05) is 11.3 Å². The summed E-state index contributed by atoms with van der Waals surface area (Å²) in [6.07, 6.45) is -4.56. The van der Waals surface area contributed by atoms with E-state index in [1.54, 1.807) is 28.9 Å². The number of anilines is 1. The molecule has 0 bridgehead atoms. The maximum Gasteiger partial charge on any atom is 0.416 e. The highest BCUT2D eigenvalue weighted by Crippen LogP contribution is 2.30. The number of hydrogen-bond acceptors (Lipinski definition) is 5. The van der Waals surface area contributed by atoms with E-state index in [-0.39, 0.29) is 17.7 Å². The fourth-order valence-corrected chi connectivity index (χ4v) is 3.73. The molecule has 2 aromatic carbocycles. The van der Waals surface area contributed by atoms with Crippen LogP contribution in [0.1, 0.15) is 29.8 Å². The normalized spacial score (nSPS) is 11.6. The van der Waals surface area contributed by atoms with Crippen LogP contribution in [0.3, 0.4) is 0 Å². The number of halogens is 3. The number of aromatic nitrogens is 3. The van der Waals surface area contributed by atoms with Crippen molar-refractivity contribution in [3.05, 3.63) is 77.2 Å². The predicted octanol–water partition coefficient (Wildman–Crippen LogP) is 6.05. The van der Waals surface area contributed by atoms with E-state index in [9.17, 15) is 18.0 Å². The highest BCUT2D eigenvalue weighted by atomic mass is 32.1. The first kappa shape index (κ1) is 22.5. The lowest BCUT2D eigenvalue weighted by Gasteiger charge is -2.10. The SMILES string of the molecule is CC(C)Oc1nc(-c2cccs2)n(-c2cccc(NC(=O)c3ccc(C(F)(F)F)cc3)c2)n1. The van der Waals surface area contributed by atoms with Gasteiger partial charge in [0.2, 0.25) is 0 Å². The molecule has 170 valence electrons. The summed E-state index contributed by atoms with van der Waals surface area (Å²) in [6.45, 7) is 3.76. The van der Waals surface area contributed by atoms with Gasteiger partial charge in [-0.25, -0.2) is 4.68 Å². The van der Waals surface area contributed by atoms with Gasteiger partial charge in [-0.3, -0.25) is 4.79 Å². The molecule has 1 amide bonds. The van der Waals surface area contributed by atoms with Crippen molar-refractivity contribution in [2.24, 2.45) is 0 Å². The van der Waals surface area contributed by atoms with Crippen LogP contribution in [0, 0.1) is 0 Å². The van der Waals surface area contributed by atoms with Gasteiger partial charge in [-0.15, -0.1) is 16.4 Å². The Morgan fingerprint density at radius 2 is 1.85 bits per heavy atom. The first-order chi connectivity index (χ1) is 15.7. The molecule has 0 radical (unpaired) electrons. The van der Waals surface area contributed by atoms with Crippen molar-refractivity contribution >= 4 is 22.9 Å². The molecule has 0 aliphatic rings. The van der Waals surface area contributed by atoms with Crippen molar-refractivity contribution in [1.29, 1.82) is 0 Å². The van der Waals surface area contributed by atoms with Crippen molar-refractivity contribution < 1.29 is 22.7 Å². The van der Waals surface area contributed by atoms with Gasteiger partial charge in [0.1, 0.15) is 0 Å². The Bertz CT molecular complexity index is 1250. The van der Waals surface area contributed by atoms with Gasteiger partial charge in [-0.2, -0.15) is 18.2 Å². The topological polar surface area (TPSA) is 69.0 Å². The lowest BCUT2D eigenvalue weighted by atomic mass is 10.1. The number of hydrogen-bond donors (Lipinski definition) is 1. The van der Waals surface area contributed by atoms with Gasteiger partial charge >= 0.3 is 12.2 Å². The average Bonchev–Trinajstić information content (AvgIpc) is 3.43. The van der Waals surface area contributed by atoms with Gasteiger partial charge in [-0.05, 0) is 67.8 Å². The Labute approximate surface area is 191 Å². The van der Waals surface area contributed by atoms with Crippen molar-refractivity contribution in [3.63, 3.8) is 0 Å². The summed E-state index contributed by atoms with van der Waals surface area (Å²) in [5, 5.41) is 9.10. The summed E-state index contributed by atoms with van der Waals surface area (Å²) in [5.41, 5.74) is 0.389. The van der Waals surface area contributed by atoms with Crippen LogP contribution in [0.4, 0.5) is 18.9 Å². The maximum atomic E-state index is 12.8. The van der Waals surface area contributed by atoms with E-state index in [4.69, 9.17) is 4.74 Å². The molecule has 0 fully saturated rings. The zero-order valence-corrected chi connectivity index (χ0v) is 18.4. The smallest absolute Gasteiger partial charge is 0.416 e. The molecule has 6 nitrogen and oxygen atoms in total. The monoisotopic (exact) mass is 472 g/mol. The average molecular weight is 472 g/mol. The highest BCUT2D eigenvalue weighted by molar-refractivity contribution is 7.13. The van der Waals surface area contributed by atoms with Crippen LogP contribution in [0.25, 0.3) is 16.4 Å². The molecule has 0 aliphatic carbocycles. The predicted molar refractivity (Wildman–Crippen MR) is 120 cm³/mol. The van der Waals surface area contributed by atoms with Crippen molar-refractivity contribution in [2.45, 2.75) is 26.1 Å². The van der Waals surface area contributed by atoms with E-state index < -0.39 is 17.6 Å². The minimum absolute atomic E-state index is 0.105. The number of rotatable bonds is 6. The number of amides is 1. The first-order valence-electron chi connectivity index (χ1n) is 9.97. The van der Waals surface area contributed by atoms with Crippen LogP contribution >= 0.6 is 11.3 Å². The number of nitrogens with zero attached hydrogens (tertiary/aromatic N) is 3. The number of nitrogens with one attached hydrogen (secondary N) is 1. The third-order valence-electron chi connectivity index (χ3n) is 4.49. The lowest BCUT2D eigenvalue weighted by molar-refractivity contribution is -0.137. The molecule has 33 heavy (non-hydrogen) atoms. The zero-order valence-electron chi connectivity index (χ0n) is 17.6. The van der Waals surface area contributed by atoms with E-state index in [1.165, 1.54) is 11.3 Å². The Morgan fingerprint density at radius 1 is 1.09 bits per heavy atom. The van der Waals surface area contributed by atoms with Crippen LogP contribution < -0.4 is 10.1 Å². The molecule has 0 saturated carbocycles. The minimum Gasteiger partial charge on any atom is -0.460 e. The fourth-order valence-electron chi connectivity index (χ4n) is 3.03. The molecule has 0 spiro atoms. The Hall–Kier alpha value is -3.66. The van der Waals surface area contributed by atoms with Gasteiger partial charge in [0.05, 0.1) is 22.2 Å². The highest BCUT2D eigenvalue weighted by Gasteiger charge is 2.30. The largest absolute Gasteiger partial charge is 0.460 e. The molecule has 4 aromatic rings. The number of thiophene rings is 1. The summed E-state index contributed by atoms with van der Waals surface area (Å²) in [4.78, 5) is 17.9. The fraction of sp³-hybridized carbons (Fsp3) is 0.174. The van der Waals surface area contributed by atoms with Crippen LogP contribution in [0.15, 0.2) is 66.0 Å². The van der Waals surface area contributed by atoms with Crippen molar-refractivity contribution in [1.82, 2.24) is 14.8 Å². The summed E-state index contributed by atoms with van der Waals surface area (Å²) in [7, 11) is 0. The second-order valence-electron chi connectivity index (χ2n) is 7.35. The standard InChI is InChI=1S/C23H19F3N4O2S/c1-14(2)32-22-28-20(19-7-4-12-33-19)30(29-22)18-6-3-5-17(13-18)27-21(31)15-8-10-16(11-9-15)23(24,25)26/h3-14H,1-2H3,(H,27,31). The third kappa shape index (κ3) is 5.23. The Morgan fingerprint density at radius 3 is 2.48 bits per heavy atom. The van der Waals surface area contributed by atoms with Gasteiger partial charge in [0.15, 0.2) is 5.82 Å². The van der Waals surface area contributed by atoms with Crippen LogP contribution in [-0.2, 0) is 6.18 Å². The lowest BCUT2D eigenvalue weighted by Crippen LogP contribution is -2.13. The molecule has 0 saturated heterocycles. The summed E-state index contributed by atoms with van der Waals surface area (Å²) < 4.78 is 45.5. The number of carbonyl (C=O) groups excluding carboxylic acids is 1. The second kappa shape index (κ2) is 9.07. The van der Waals surface area contributed by atoms with Gasteiger partial charge in [0.25, 0.3) is 5.91 Å². The zero-order chi connectivity index (χ0) is 23.6. The second-order valence-corrected chi connectivity index (χ2v) is 8.30. The molecular formula is C23H19F3N4O2S. The molecule has 0 aliphatic heterocycles. The first-order valence-corrected chi connectivity index (χ1v) is 10.9. The quantitative estimate of drug-likeness (QED) is 0.371. The van der Waals surface area contributed by atoms with Crippen LogP contribution in [0.5, 0.6) is 6.01 Å². The third-order valence-corrected chi connectivity index (χ3v) is 5.36. The number of ether oxygens (including phenoxy) is 1. The summed E-state index contributed by atoms with van der Waals surface area (Å²) >= 11 is 1.50. The molecule has 2 aromatic heterocycles. The molecule has 0 unspecified atom stereocenters. The van der Waals surface area contributed by atoms with Gasteiger partial charge in [-0.1, -0.05) is 12.1 Å².